The van der Waals surface area contributed by atoms with Gasteiger partial charge in [0.2, 0.25) is 0 Å². The molecule has 0 bridgehead atoms. The molecule has 0 amide bonds. The van der Waals surface area contributed by atoms with Crippen molar-refractivity contribution >= 4 is 11.8 Å². The molecule has 2 saturated heterocycles. The molecule has 2 rings (SSSR count). The molecule has 52 valence electrons. The van der Waals surface area contributed by atoms with E-state index >= 15 is 0 Å². The number of ether oxygens (including phenoxy) is 1. The van der Waals surface area contributed by atoms with Crippen LogP contribution in [0.1, 0.15) is 6.92 Å². The minimum Gasteiger partial charge on any atom is -0.350 e. The van der Waals surface area contributed by atoms with Crippen LogP contribution >= 0.6 is 11.8 Å². The smallest absolute Gasteiger partial charge is 0.167 e. The van der Waals surface area contributed by atoms with E-state index in [2.05, 4.69) is 11.8 Å². The Morgan fingerprint density at radius 2 is 2.44 bits per heavy atom. The van der Waals surface area contributed by atoms with Crippen molar-refractivity contribution in [2.75, 3.05) is 25.4 Å². The highest BCUT2D eigenvalue weighted by Crippen LogP contribution is 2.39. The van der Waals surface area contributed by atoms with Crippen molar-refractivity contribution in [3.63, 3.8) is 0 Å². The van der Waals surface area contributed by atoms with Crippen LogP contribution in [0.25, 0.3) is 0 Å². The summed E-state index contributed by atoms with van der Waals surface area (Å²) in [5.41, 5.74) is 0. The lowest BCUT2D eigenvalue weighted by atomic mass is 10.5. The first-order valence-electron chi connectivity index (χ1n) is 3.34. The van der Waals surface area contributed by atoms with Crippen molar-refractivity contribution in [3.8, 4) is 0 Å². The number of hydrogen-bond acceptors (Lipinski definition) is 3. The van der Waals surface area contributed by atoms with E-state index in [1.807, 2.05) is 11.8 Å². The van der Waals surface area contributed by atoms with Gasteiger partial charge in [-0.3, -0.25) is 4.90 Å². The Bertz CT molecular complexity index is 118. The van der Waals surface area contributed by atoms with Crippen molar-refractivity contribution in [1.82, 2.24) is 4.90 Å². The number of hydrogen-bond donors (Lipinski definition) is 0. The minimum atomic E-state index is 0.0556. The quantitative estimate of drug-likeness (QED) is 0.499. The Hall–Kier alpha value is 0.270. The third kappa shape index (κ3) is 0.791. The van der Waals surface area contributed by atoms with Gasteiger partial charge in [0.05, 0.1) is 6.61 Å². The highest BCUT2D eigenvalue weighted by Gasteiger charge is 2.42. The van der Waals surface area contributed by atoms with Gasteiger partial charge in [0.1, 0.15) is 0 Å². The van der Waals surface area contributed by atoms with Gasteiger partial charge < -0.3 is 4.74 Å². The topological polar surface area (TPSA) is 12.5 Å². The first-order valence-corrected chi connectivity index (χ1v) is 4.33. The predicted molar refractivity (Wildman–Crippen MR) is 38.4 cm³/mol. The molecule has 2 aliphatic rings. The molecule has 0 saturated carbocycles. The van der Waals surface area contributed by atoms with Crippen molar-refractivity contribution in [3.05, 3.63) is 0 Å². The number of rotatable bonds is 0. The molecule has 1 unspecified atom stereocenters. The van der Waals surface area contributed by atoms with Crippen molar-refractivity contribution in [1.29, 1.82) is 0 Å². The Morgan fingerprint density at radius 3 is 3.22 bits per heavy atom. The highest BCUT2D eigenvalue weighted by molar-refractivity contribution is 8.00. The monoisotopic (exact) mass is 145 g/mol. The molecule has 2 heterocycles. The zero-order valence-corrected chi connectivity index (χ0v) is 6.41. The molecule has 0 aromatic carbocycles. The zero-order chi connectivity index (χ0) is 6.32. The molecule has 9 heavy (non-hydrogen) atoms. The van der Waals surface area contributed by atoms with Crippen LogP contribution in [0, 0.1) is 0 Å². The summed E-state index contributed by atoms with van der Waals surface area (Å²) < 4.78 is 5.55. The lowest BCUT2D eigenvalue weighted by molar-refractivity contribution is 0.0282. The van der Waals surface area contributed by atoms with Crippen LogP contribution in [0.3, 0.4) is 0 Å². The van der Waals surface area contributed by atoms with Gasteiger partial charge in [0.15, 0.2) is 5.06 Å². The lowest BCUT2D eigenvalue weighted by Crippen LogP contribution is -2.33. The summed E-state index contributed by atoms with van der Waals surface area (Å²) in [5.74, 6) is 1.23. The third-order valence-corrected chi connectivity index (χ3v) is 3.33. The van der Waals surface area contributed by atoms with Gasteiger partial charge in [-0.25, -0.2) is 0 Å². The van der Waals surface area contributed by atoms with Gasteiger partial charge in [0.25, 0.3) is 0 Å². The van der Waals surface area contributed by atoms with Crippen molar-refractivity contribution < 1.29 is 4.74 Å². The summed E-state index contributed by atoms with van der Waals surface area (Å²) >= 11 is 1.92. The summed E-state index contributed by atoms with van der Waals surface area (Å²) in [7, 11) is 0. The first kappa shape index (κ1) is 6.01. The van der Waals surface area contributed by atoms with Gasteiger partial charge in [-0.15, -0.1) is 11.8 Å². The molecule has 0 aromatic heterocycles. The van der Waals surface area contributed by atoms with Gasteiger partial charge in [-0.1, -0.05) is 0 Å². The molecule has 2 fully saturated rings. The molecule has 2 nitrogen and oxygen atoms in total. The first-order chi connectivity index (χ1) is 4.31. The fourth-order valence-corrected chi connectivity index (χ4v) is 2.65. The number of thioether (sulfide) groups is 1. The normalized spacial score (nSPS) is 43.7. The Labute approximate surface area is 59.5 Å². The Kier molecular flexibility index (Phi) is 1.25. The van der Waals surface area contributed by atoms with Gasteiger partial charge >= 0.3 is 0 Å². The van der Waals surface area contributed by atoms with Crippen LogP contribution in [0.5, 0.6) is 0 Å². The largest absolute Gasteiger partial charge is 0.350 e. The molecule has 0 N–H and O–H groups in total. The third-order valence-electron chi connectivity index (χ3n) is 2.04. The average Bonchev–Trinajstić information content (AvgIpc) is 2.22. The molecule has 0 spiro atoms. The maximum absolute atomic E-state index is 5.55. The Morgan fingerprint density at radius 1 is 1.56 bits per heavy atom. The molecule has 1 atom stereocenters. The van der Waals surface area contributed by atoms with E-state index in [1.54, 1.807) is 0 Å². The minimum absolute atomic E-state index is 0.0556. The summed E-state index contributed by atoms with van der Waals surface area (Å²) in [6.07, 6.45) is 0. The SMILES string of the molecule is CC12OCCN1CCS2. The number of nitrogens with zero attached hydrogens (tertiary/aromatic N) is 1. The van der Waals surface area contributed by atoms with E-state index in [-0.39, 0.29) is 5.06 Å². The maximum Gasteiger partial charge on any atom is 0.167 e. The fourth-order valence-electron chi connectivity index (χ4n) is 1.43. The zero-order valence-electron chi connectivity index (χ0n) is 5.59. The summed E-state index contributed by atoms with van der Waals surface area (Å²) in [4.78, 5) is 2.40. The van der Waals surface area contributed by atoms with Crippen LogP contribution in [-0.4, -0.2) is 35.4 Å². The van der Waals surface area contributed by atoms with E-state index in [9.17, 15) is 0 Å². The molecule has 0 aromatic rings. The van der Waals surface area contributed by atoms with Crippen LogP contribution in [0.2, 0.25) is 0 Å². The molecule has 2 aliphatic heterocycles. The van der Waals surface area contributed by atoms with Crippen molar-refractivity contribution in [2.45, 2.75) is 12.0 Å². The van der Waals surface area contributed by atoms with Crippen molar-refractivity contribution in [2.24, 2.45) is 0 Å². The second kappa shape index (κ2) is 1.87. The fraction of sp³-hybridized carbons (Fsp3) is 1.00. The number of fused-ring (bicyclic) bond motifs is 1. The van der Waals surface area contributed by atoms with E-state index in [0.717, 1.165) is 13.2 Å². The summed E-state index contributed by atoms with van der Waals surface area (Å²) in [5, 5.41) is 0.0556. The molecule has 3 heteroatoms. The lowest BCUT2D eigenvalue weighted by Gasteiger charge is -2.23. The second-order valence-corrected chi connectivity index (χ2v) is 4.04. The Balaban J connectivity index is 2.17. The highest BCUT2D eigenvalue weighted by atomic mass is 32.2. The van der Waals surface area contributed by atoms with Crippen LogP contribution in [0.15, 0.2) is 0 Å². The van der Waals surface area contributed by atoms with E-state index in [1.165, 1.54) is 12.3 Å². The van der Waals surface area contributed by atoms with Gasteiger partial charge in [-0.05, 0) is 6.92 Å². The standard InChI is InChI=1S/C6H11NOS/c1-6-7(2-4-8-6)3-5-9-6/h2-5H2,1H3. The predicted octanol–water partition coefficient (Wildman–Crippen LogP) is 0.739. The average molecular weight is 145 g/mol. The van der Waals surface area contributed by atoms with E-state index < -0.39 is 0 Å². The van der Waals surface area contributed by atoms with E-state index in [0.29, 0.717) is 0 Å². The molecular weight excluding hydrogens is 134 g/mol. The van der Waals surface area contributed by atoms with Gasteiger partial charge in [0, 0.05) is 18.8 Å². The van der Waals surface area contributed by atoms with Crippen LogP contribution in [-0.2, 0) is 4.74 Å². The maximum atomic E-state index is 5.55. The molecule has 0 radical (unpaired) electrons. The molecule has 0 aliphatic carbocycles. The summed E-state index contributed by atoms with van der Waals surface area (Å²) in [6, 6.07) is 0. The van der Waals surface area contributed by atoms with Crippen LogP contribution in [0.4, 0.5) is 0 Å². The van der Waals surface area contributed by atoms with Crippen LogP contribution < -0.4 is 0 Å². The van der Waals surface area contributed by atoms with E-state index in [4.69, 9.17) is 4.74 Å². The molecular formula is C6H11NOS. The summed E-state index contributed by atoms with van der Waals surface area (Å²) in [6.45, 7) is 5.42. The second-order valence-electron chi connectivity index (χ2n) is 2.58. The van der Waals surface area contributed by atoms with Gasteiger partial charge in [-0.2, -0.15) is 0 Å².